The quantitative estimate of drug-likeness (QED) is 0.242. The minimum Gasteiger partial charge on any atom is -0.545 e. The Morgan fingerprint density at radius 1 is 1.05 bits per heavy atom. The molecule has 0 aromatic rings. The van der Waals surface area contributed by atoms with E-state index >= 15 is 0 Å². The molecule has 1 unspecified atom stereocenters. The summed E-state index contributed by atoms with van der Waals surface area (Å²) in [5.74, 6) is -1.72. The van der Waals surface area contributed by atoms with E-state index in [9.17, 15) is 19.8 Å². The van der Waals surface area contributed by atoms with Crippen LogP contribution in [0, 0.1) is 11.8 Å². The van der Waals surface area contributed by atoms with Gasteiger partial charge in [-0.1, -0.05) is 46.1 Å². The van der Waals surface area contributed by atoms with Crippen molar-refractivity contribution >= 4 is 11.9 Å². The van der Waals surface area contributed by atoms with Crippen LogP contribution < -0.4 is 69.3 Å². The van der Waals surface area contributed by atoms with Crippen LogP contribution in [0.15, 0.2) is 23.3 Å². The molecule has 0 aliphatic carbocycles. The largest absolute Gasteiger partial charge is 1.00 e. The van der Waals surface area contributed by atoms with E-state index in [-0.39, 0.29) is 70.3 Å². The molecule has 6 heteroatoms. The Morgan fingerprint density at radius 3 is 2.00 bits per heavy atom. The maximum absolute atomic E-state index is 11.0. The molecular formula is C16H24Na2O4. The predicted molar refractivity (Wildman–Crippen MR) is 74.3 cm³/mol. The van der Waals surface area contributed by atoms with Crippen molar-refractivity contribution in [2.45, 2.75) is 53.4 Å². The number of carboxylic acid groups (broad SMARTS) is 2. The Morgan fingerprint density at radius 2 is 1.59 bits per heavy atom. The average Bonchev–Trinajstić information content (AvgIpc) is 2.26. The maximum Gasteiger partial charge on any atom is 1.00 e. The second-order valence-corrected chi connectivity index (χ2v) is 5.72. The predicted octanol–water partition coefficient (Wildman–Crippen LogP) is -4.78. The van der Waals surface area contributed by atoms with Crippen LogP contribution in [0.1, 0.15) is 53.4 Å². The molecule has 114 valence electrons. The monoisotopic (exact) mass is 326 g/mol. The third-order valence-corrected chi connectivity index (χ3v) is 3.18. The number of allylic oxidation sites excluding steroid dienone is 1. The summed E-state index contributed by atoms with van der Waals surface area (Å²) in [7, 11) is 0. The number of carboxylic acids is 2. The molecule has 0 aromatic carbocycles. The van der Waals surface area contributed by atoms with Gasteiger partial charge in [0.2, 0.25) is 0 Å². The Hall–Kier alpha value is 0.420. The normalized spacial score (nSPS) is 13.1. The molecular weight excluding hydrogens is 302 g/mol. The zero-order valence-corrected chi connectivity index (χ0v) is 18.8. The molecule has 22 heavy (non-hydrogen) atoms. The molecule has 0 saturated heterocycles. The summed E-state index contributed by atoms with van der Waals surface area (Å²) in [6.07, 6.45) is 6.22. The fourth-order valence-corrected chi connectivity index (χ4v) is 1.97. The summed E-state index contributed by atoms with van der Waals surface area (Å²) in [6, 6.07) is 0. The first-order chi connectivity index (χ1) is 9.23. The zero-order chi connectivity index (χ0) is 15.7. The van der Waals surface area contributed by atoms with Gasteiger partial charge in [-0.05, 0) is 42.4 Å². The number of hydrogen-bond donors (Lipinski definition) is 0. The van der Waals surface area contributed by atoms with Gasteiger partial charge in [0, 0.05) is 0 Å². The Bertz CT molecular complexity index is 401. The SMILES string of the molecule is CC(=CC(=O)[O-])C(=CCC(C)CCCC(C)C)C(=O)[O-].[Na+].[Na+]. The zero-order valence-electron chi connectivity index (χ0n) is 14.8. The molecule has 0 radical (unpaired) electrons. The smallest absolute Gasteiger partial charge is 0.545 e. The molecule has 0 saturated carbocycles. The van der Waals surface area contributed by atoms with Crippen LogP contribution in [0.25, 0.3) is 0 Å². The van der Waals surface area contributed by atoms with Gasteiger partial charge in [-0.3, -0.25) is 0 Å². The van der Waals surface area contributed by atoms with Crippen molar-refractivity contribution in [1.82, 2.24) is 0 Å². The number of carbonyl (C=O) groups excluding carboxylic acids is 2. The number of carbonyl (C=O) groups is 2. The molecule has 0 N–H and O–H groups in total. The summed E-state index contributed by atoms with van der Waals surface area (Å²) in [6.45, 7) is 7.84. The standard InChI is InChI=1S/C16H26O4.2Na/c1-11(2)6-5-7-12(3)8-9-14(16(19)20)13(4)10-15(17)18;;/h9-12H,5-8H2,1-4H3,(H,17,18)(H,19,20);;/q;2*+1/p-2. The first-order valence-electron chi connectivity index (χ1n) is 7.05. The van der Waals surface area contributed by atoms with Gasteiger partial charge in [0.05, 0.1) is 11.9 Å². The molecule has 0 amide bonds. The molecule has 0 aromatic heterocycles. The van der Waals surface area contributed by atoms with E-state index in [4.69, 9.17) is 0 Å². The van der Waals surface area contributed by atoms with Crippen LogP contribution in [0.2, 0.25) is 0 Å². The van der Waals surface area contributed by atoms with Gasteiger partial charge in [0.15, 0.2) is 0 Å². The second kappa shape index (κ2) is 15.0. The molecule has 0 fully saturated rings. The molecule has 0 rings (SSSR count). The summed E-state index contributed by atoms with van der Waals surface area (Å²) in [5.41, 5.74) is 0.0873. The Kier molecular flexibility index (Phi) is 18.6. The van der Waals surface area contributed by atoms with Crippen molar-refractivity contribution in [2.75, 3.05) is 0 Å². The van der Waals surface area contributed by atoms with E-state index in [1.807, 2.05) is 0 Å². The van der Waals surface area contributed by atoms with Crippen molar-refractivity contribution in [3.05, 3.63) is 23.3 Å². The van der Waals surface area contributed by atoms with Crippen molar-refractivity contribution < 1.29 is 78.9 Å². The molecule has 0 bridgehead atoms. The van der Waals surface area contributed by atoms with Crippen LogP contribution in [0.5, 0.6) is 0 Å². The fourth-order valence-electron chi connectivity index (χ4n) is 1.97. The molecule has 4 nitrogen and oxygen atoms in total. The second-order valence-electron chi connectivity index (χ2n) is 5.72. The van der Waals surface area contributed by atoms with E-state index in [0.29, 0.717) is 18.3 Å². The fraction of sp³-hybridized carbons (Fsp3) is 0.625. The van der Waals surface area contributed by atoms with Crippen molar-refractivity contribution in [2.24, 2.45) is 11.8 Å². The van der Waals surface area contributed by atoms with Crippen LogP contribution in [-0.2, 0) is 9.59 Å². The summed E-state index contributed by atoms with van der Waals surface area (Å²) < 4.78 is 0. The summed E-state index contributed by atoms with van der Waals surface area (Å²) in [4.78, 5) is 21.5. The topological polar surface area (TPSA) is 80.3 Å². The minimum absolute atomic E-state index is 0. The molecule has 1 atom stereocenters. The van der Waals surface area contributed by atoms with Gasteiger partial charge in [-0.2, -0.15) is 0 Å². The van der Waals surface area contributed by atoms with E-state index < -0.39 is 11.9 Å². The average molecular weight is 326 g/mol. The molecule has 0 spiro atoms. The van der Waals surface area contributed by atoms with E-state index in [1.165, 1.54) is 6.92 Å². The third kappa shape index (κ3) is 14.0. The van der Waals surface area contributed by atoms with Gasteiger partial charge in [0.1, 0.15) is 0 Å². The van der Waals surface area contributed by atoms with Crippen molar-refractivity contribution in [3.8, 4) is 0 Å². The third-order valence-electron chi connectivity index (χ3n) is 3.18. The van der Waals surface area contributed by atoms with Crippen LogP contribution >= 0.6 is 0 Å². The number of aliphatic carboxylic acids is 2. The number of hydrogen-bond acceptors (Lipinski definition) is 4. The summed E-state index contributed by atoms with van der Waals surface area (Å²) >= 11 is 0. The molecule has 0 aliphatic heterocycles. The number of rotatable bonds is 9. The van der Waals surface area contributed by atoms with Gasteiger partial charge < -0.3 is 19.8 Å². The van der Waals surface area contributed by atoms with Gasteiger partial charge in [-0.25, -0.2) is 0 Å². The van der Waals surface area contributed by atoms with Crippen molar-refractivity contribution in [3.63, 3.8) is 0 Å². The van der Waals surface area contributed by atoms with Crippen LogP contribution in [0.3, 0.4) is 0 Å². The van der Waals surface area contributed by atoms with E-state index in [0.717, 1.165) is 25.3 Å². The molecule has 0 heterocycles. The first kappa shape index (κ1) is 27.3. The first-order valence-corrected chi connectivity index (χ1v) is 7.05. The Balaban J connectivity index is -0.00000180. The van der Waals surface area contributed by atoms with Gasteiger partial charge >= 0.3 is 59.1 Å². The van der Waals surface area contributed by atoms with E-state index in [1.54, 1.807) is 6.08 Å². The minimum atomic E-state index is -1.40. The van der Waals surface area contributed by atoms with Crippen molar-refractivity contribution in [1.29, 1.82) is 0 Å². The maximum atomic E-state index is 11.0. The van der Waals surface area contributed by atoms with E-state index in [2.05, 4.69) is 20.8 Å². The van der Waals surface area contributed by atoms with Crippen LogP contribution in [-0.4, -0.2) is 11.9 Å². The molecule has 0 aliphatic rings. The van der Waals surface area contributed by atoms with Gasteiger partial charge in [0.25, 0.3) is 0 Å². The summed E-state index contributed by atoms with van der Waals surface area (Å²) in [5, 5.41) is 21.5. The van der Waals surface area contributed by atoms with Crippen LogP contribution in [0.4, 0.5) is 0 Å². The Labute approximate surface area is 178 Å². The van der Waals surface area contributed by atoms with Gasteiger partial charge in [-0.15, -0.1) is 0 Å².